The Morgan fingerprint density at radius 3 is 2.18 bits per heavy atom. The third kappa shape index (κ3) is 2.35. The first-order chi connectivity index (χ1) is 5.36. The van der Waals surface area contributed by atoms with Crippen molar-refractivity contribution in [2.75, 3.05) is 0 Å². The van der Waals surface area contributed by atoms with Gasteiger partial charge in [-0.1, -0.05) is 31.2 Å². The van der Waals surface area contributed by atoms with Gasteiger partial charge in [0.05, 0.1) is 13.7 Å². The summed E-state index contributed by atoms with van der Waals surface area (Å²) < 4.78 is 4.75. The molecule has 0 aliphatic rings. The van der Waals surface area contributed by atoms with Crippen LogP contribution in [0.4, 0.5) is 0 Å². The van der Waals surface area contributed by atoms with Gasteiger partial charge in [-0.25, -0.2) is 0 Å². The maximum Gasteiger partial charge on any atom is 0.0718 e. The first kappa shape index (κ1) is 8.28. The first-order valence-corrected chi connectivity index (χ1v) is 3.81. The molecule has 1 rings (SSSR count). The minimum Gasteiger partial charge on any atom is -0.374 e. The quantitative estimate of drug-likeness (QED) is 0.641. The Morgan fingerprint density at radius 1 is 1.18 bits per heavy atom. The zero-order valence-corrected chi connectivity index (χ0v) is 6.84. The fraction of sp³-hybridized carbons (Fsp3) is 0.300. The third-order valence-electron chi connectivity index (χ3n) is 1.70. The standard InChI is InChI=1S/C10H13O/c1-3-9-4-6-10(7-5-9)8-11-2/h4-7H,2-3,8H2,1H3. The van der Waals surface area contributed by atoms with E-state index < -0.39 is 0 Å². The average Bonchev–Trinajstić information content (AvgIpc) is 2.07. The molecule has 0 spiro atoms. The van der Waals surface area contributed by atoms with E-state index in [1.165, 1.54) is 11.1 Å². The van der Waals surface area contributed by atoms with E-state index in [-0.39, 0.29) is 0 Å². The predicted molar refractivity (Wildman–Crippen MR) is 46.0 cm³/mol. The molecule has 0 aliphatic carbocycles. The molecule has 1 heteroatoms. The van der Waals surface area contributed by atoms with Crippen LogP contribution in [0, 0.1) is 7.11 Å². The van der Waals surface area contributed by atoms with Gasteiger partial charge in [0.2, 0.25) is 0 Å². The SMILES string of the molecule is [CH2]OCc1ccc(CC)cc1. The van der Waals surface area contributed by atoms with Crippen LogP contribution in [0.3, 0.4) is 0 Å². The van der Waals surface area contributed by atoms with E-state index in [1.54, 1.807) is 0 Å². The maximum atomic E-state index is 4.75. The average molecular weight is 149 g/mol. The Hall–Kier alpha value is -0.820. The summed E-state index contributed by atoms with van der Waals surface area (Å²) in [6.07, 6.45) is 1.09. The van der Waals surface area contributed by atoms with Gasteiger partial charge in [-0.2, -0.15) is 0 Å². The predicted octanol–water partition coefficient (Wildman–Crippen LogP) is 2.56. The summed E-state index contributed by atoms with van der Waals surface area (Å²) in [4.78, 5) is 0. The van der Waals surface area contributed by atoms with Crippen molar-refractivity contribution in [1.29, 1.82) is 0 Å². The van der Waals surface area contributed by atoms with Crippen LogP contribution in [0.25, 0.3) is 0 Å². The molecule has 0 fully saturated rings. The zero-order valence-electron chi connectivity index (χ0n) is 6.84. The molecular weight excluding hydrogens is 136 g/mol. The highest BCUT2D eigenvalue weighted by Gasteiger charge is 1.90. The normalized spacial score (nSPS) is 10.0. The molecule has 1 aromatic rings. The fourth-order valence-corrected chi connectivity index (χ4v) is 0.989. The molecule has 0 amide bonds. The molecule has 1 aromatic carbocycles. The highest BCUT2D eigenvalue weighted by atomic mass is 16.5. The molecule has 0 saturated carbocycles. The van der Waals surface area contributed by atoms with E-state index in [4.69, 9.17) is 4.74 Å². The zero-order chi connectivity index (χ0) is 8.10. The van der Waals surface area contributed by atoms with Gasteiger partial charge in [0.25, 0.3) is 0 Å². The van der Waals surface area contributed by atoms with Gasteiger partial charge in [0.1, 0.15) is 0 Å². The van der Waals surface area contributed by atoms with Gasteiger partial charge in [0, 0.05) is 0 Å². The Kier molecular flexibility index (Phi) is 3.12. The van der Waals surface area contributed by atoms with Gasteiger partial charge < -0.3 is 4.74 Å². The second-order valence-corrected chi connectivity index (χ2v) is 2.52. The van der Waals surface area contributed by atoms with E-state index in [0.29, 0.717) is 6.61 Å². The molecule has 0 unspecified atom stereocenters. The number of aryl methyl sites for hydroxylation is 1. The van der Waals surface area contributed by atoms with Crippen molar-refractivity contribution < 1.29 is 4.74 Å². The lowest BCUT2D eigenvalue weighted by Crippen LogP contribution is -1.86. The lowest BCUT2D eigenvalue weighted by Gasteiger charge is -1.99. The van der Waals surface area contributed by atoms with Crippen molar-refractivity contribution in [1.82, 2.24) is 0 Å². The van der Waals surface area contributed by atoms with Crippen LogP contribution in [0.5, 0.6) is 0 Å². The van der Waals surface area contributed by atoms with Crippen LogP contribution >= 0.6 is 0 Å². The van der Waals surface area contributed by atoms with E-state index in [9.17, 15) is 0 Å². The van der Waals surface area contributed by atoms with Crippen molar-refractivity contribution in [3.63, 3.8) is 0 Å². The molecule has 11 heavy (non-hydrogen) atoms. The molecule has 0 bridgehead atoms. The molecule has 0 atom stereocenters. The lowest BCUT2D eigenvalue weighted by molar-refractivity contribution is 0.229. The van der Waals surface area contributed by atoms with Gasteiger partial charge in [0.15, 0.2) is 0 Å². The third-order valence-corrected chi connectivity index (χ3v) is 1.70. The summed E-state index contributed by atoms with van der Waals surface area (Å²) in [5.74, 6) is 0. The number of ether oxygens (including phenoxy) is 1. The highest BCUT2D eigenvalue weighted by Crippen LogP contribution is 2.05. The Bertz CT molecular complexity index is 201. The second-order valence-electron chi connectivity index (χ2n) is 2.52. The van der Waals surface area contributed by atoms with E-state index in [0.717, 1.165) is 6.42 Å². The molecule has 1 nitrogen and oxygen atoms in total. The van der Waals surface area contributed by atoms with E-state index in [2.05, 4.69) is 38.3 Å². The summed E-state index contributed by atoms with van der Waals surface area (Å²) in [6, 6.07) is 8.39. The molecule has 1 radical (unpaired) electrons. The van der Waals surface area contributed by atoms with Crippen LogP contribution in [0.2, 0.25) is 0 Å². The van der Waals surface area contributed by atoms with Crippen molar-refractivity contribution in [3.05, 3.63) is 42.5 Å². The maximum absolute atomic E-state index is 4.75. The minimum atomic E-state index is 0.601. The van der Waals surface area contributed by atoms with Crippen LogP contribution < -0.4 is 0 Å². The van der Waals surface area contributed by atoms with Gasteiger partial charge >= 0.3 is 0 Å². The number of hydrogen-bond acceptors (Lipinski definition) is 1. The van der Waals surface area contributed by atoms with Gasteiger partial charge in [-0.05, 0) is 17.5 Å². The highest BCUT2D eigenvalue weighted by molar-refractivity contribution is 5.21. The van der Waals surface area contributed by atoms with Crippen LogP contribution in [0.1, 0.15) is 18.1 Å². The first-order valence-electron chi connectivity index (χ1n) is 3.81. The minimum absolute atomic E-state index is 0.601. The molecular formula is C10H13O. The van der Waals surface area contributed by atoms with E-state index in [1.807, 2.05) is 0 Å². The number of hydrogen-bond donors (Lipinski definition) is 0. The molecule has 0 N–H and O–H groups in total. The fourth-order valence-electron chi connectivity index (χ4n) is 0.989. The van der Waals surface area contributed by atoms with Crippen molar-refractivity contribution >= 4 is 0 Å². The van der Waals surface area contributed by atoms with E-state index >= 15 is 0 Å². The summed E-state index contributed by atoms with van der Waals surface area (Å²) >= 11 is 0. The molecule has 0 aromatic heterocycles. The van der Waals surface area contributed by atoms with Crippen molar-refractivity contribution in [3.8, 4) is 0 Å². The van der Waals surface area contributed by atoms with Crippen LogP contribution in [0.15, 0.2) is 24.3 Å². The Balaban J connectivity index is 2.66. The largest absolute Gasteiger partial charge is 0.374 e. The smallest absolute Gasteiger partial charge is 0.0718 e. The molecule has 0 heterocycles. The summed E-state index contributed by atoms with van der Waals surface area (Å²) in [5.41, 5.74) is 2.54. The van der Waals surface area contributed by atoms with Crippen molar-refractivity contribution in [2.45, 2.75) is 20.0 Å². The Labute approximate surface area is 68.0 Å². The van der Waals surface area contributed by atoms with Crippen LogP contribution in [-0.2, 0) is 17.8 Å². The van der Waals surface area contributed by atoms with Crippen molar-refractivity contribution in [2.24, 2.45) is 0 Å². The number of rotatable bonds is 3. The van der Waals surface area contributed by atoms with Gasteiger partial charge in [-0.3, -0.25) is 0 Å². The summed E-state index contributed by atoms with van der Waals surface area (Å²) in [7, 11) is 3.32. The second kappa shape index (κ2) is 4.14. The lowest BCUT2D eigenvalue weighted by atomic mass is 10.1. The molecule has 59 valence electrons. The molecule has 0 saturated heterocycles. The van der Waals surface area contributed by atoms with Crippen LogP contribution in [-0.4, -0.2) is 0 Å². The van der Waals surface area contributed by atoms with Gasteiger partial charge in [-0.15, -0.1) is 0 Å². The topological polar surface area (TPSA) is 9.23 Å². The summed E-state index contributed by atoms with van der Waals surface area (Å²) in [6.45, 7) is 2.75. The summed E-state index contributed by atoms with van der Waals surface area (Å²) in [5, 5.41) is 0. The molecule has 0 aliphatic heterocycles. The Morgan fingerprint density at radius 2 is 1.73 bits per heavy atom. The monoisotopic (exact) mass is 149 g/mol. The number of benzene rings is 1.